The molecule has 0 amide bonds. The second-order valence-corrected chi connectivity index (χ2v) is 5.27. The van der Waals surface area contributed by atoms with E-state index in [0.717, 1.165) is 5.56 Å². The largest absolute Gasteiger partial charge is 0.511 e. The van der Waals surface area contributed by atoms with Crippen LogP contribution in [0, 0.1) is 0 Å². The summed E-state index contributed by atoms with van der Waals surface area (Å²) in [4.78, 5) is 11.5. The predicted molar refractivity (Wildman–Crippen MR) is 84.0 cm³/mol. The Hall–Kier alpha value is -1.93. The Balaban J connectivity index is 0.000000284. The number of carbonyl (C=O) groups is 1. The highest BCUT2D eigenvalue weighted by molar-refractivity contribution is 5.88. The molecule has 0 radical (unpaired) electrons. The van der Waals surface area contributed by atoms with Crippen molar-refractivity contribution >= 4 is 5.97 Å². The van der Waals surface area contributed by atoms with E-state index >= 15 is 0 Å². The second-order valence-electron chi connectivity index (χ2n) is 5.27. The number of rotatable bonds is 5. The molecule has 0 bridgehead atoms. The lowest BCUT2D eigenvalue weighted by atomic mass is 9.98. The van der Waals surface area contributed by atoms with Gasteiger partial charge in [0.25, 0.3) is 0 Å². The standard InChI is InChI=1S/C12H12O3.C4H11NO3/c1-2-5-9(13)11-8-6-3-4-7-10(8)15-12(11)14;5-4(1-6,2-7)3-8/h3-7,11,13H,2H2,1H3;6-8H,1-3,5H2/b9-5-;. The summed E-state index contributed by atoms with van der Waals surface area (Å²) in [7, 11) is 0. The van der Waals surface area contributed by atoms with Crippen molar-refractivity contribution in [2.24, 2.45) is 5.73 Å². The Morgan fingerprint density at radius 2 is 1.83 bits per heavy atom. The molecule has 1 aliphatic rings. The number of carbonyl (C=O) groups excluding carboxylic acids is 1. The average Bonchev–Trinajstić information content (AvgIpc) is 2.90. The molecule has 0 aromatic heterocycles. The van der Waals surface area contributed by atoms with Gasteiger partial charge in [-0.05, 0) is 18.6 Å². The van der Waals surface area contributed by atoms with Gasteiger partial charge in [-0.15, -0.1) is 0 Å². The third kappa shape index (κ3) is 4.77. The SMILES string of the molecule is CC/C=C(\O)C1C(=O)Oc2ccccc21.NC(CO)(CO)CO. The second kappa shape index (κ2) is 8.64. The van der Waals surface area contributed by atoms with Crippen LogP contribution in [0.5, 0.6) is 5.75 Å². The number of allylic oxidation sites excluding steroid dienone is 1. The summed E-state index contributed by atoms with van der Waals surface area (Å²) in [6, 6.07) is 7.15. The van der Waals surface area contributed by atoms with Crippen molar-refractivity contribution in [1.29, 1.82) is 0 Å². The fraction of sp³-hybridized carbons (Fsp3) is 0.438. The minimum atomic E-state index is -1.21. The number of nitrogens with two attached hydrogens (primary N) is 1. The zero-order chi connectivity index (χ0) is 17.5. The third-order valence-corrected chi connectivity index (χ3v) is 3.33. The van der Waals surface area contributed by atoms with Crippen molar-refractivity contribution in [3.05, 3.63) is 41.7 Å². The zero-order valence-corrected chi connectivity index (χ0v) is 13.0. The molecule has 1 heterocycles. The summed E-state index contributed by atoms with van der Waals surface area (Å²) in [6.07, 6.45) is 2.33. The predicted octanol–water partition coefficient (Wildman–Crippen LogP) is 0.202. The van der Waals surface area contributed by atoms with Crippen molar-refractivity contribution in [2.45, 2.75) is 24.8 Å². The maximum absolute atomic E-state index is 11.5. The van der Waals surface area contributed by atoms with Crippen LogP contribution in [-0.2, 0) is 4.79 Å². The normalized spacial score (nSPS) is 17.2. The summed E-state index contributed by atoms with van der Waals surface area (Å²) < 4.78 is 5.05. The van der Waals surface area contributed by atoms with E-state index < -0.39 is 37.2 Å². The number of hydrogen-bond acceptors (Lipinski definition) is 7. The lowest BCUT2D eigenvalue weighted by molar-refractivity contribution is -0.133. The molecule has 128 valence electrons. The van der Waals surface area contributed by atoms with Crippen LogP contribution < -0.4 is 10.5 Å². The van der Waals surface area contributed by atoms with Gasteiger partial charge >= 0.3 is 5.97 Å². The van der Waals surface area contributed by atoms with Gasteiger partial charge in [-0.2, -0.15) is 0 Å². The fourth-order valence-corrected chi connectivity index (χ4v) is 1.86. The quantitative estimate of drug-likeness (QED) is 0.297. The molecule has 1 aromatic carbocycles. The molecule has 0 saturated carbocycles. The van der Waals surface area contributed by atoms with Crippen molar-refractivity contribution in [3.63, 3.8) is 0 Å². The lowest BCUT2D eigenvalue weighted by Gasteiger charge is -2.20. The van der Waals surface area contributed by atoms with Crippen molar-refractivity contribution in [3.8, 4) is 5.75 Å². The molecule has 1 atom stereocenters. The van der Waals surface area contributed by atoms with Gasteiger partial charge in [-0.1, -0.05) is 25.1 Å². The van der Waals surface area contributed by atoms with Crippen LogP contribution in [0.4, 0.5) is 0 Å². The molecule has 23 heavy (non-hydrogen) atoms. The number of ether oxygens (including phenoxy) is 1. The summed E-state index contributed by atoms with van der Waals surface area (Å²) in [5.41, 5.74) is 4.68. The highest BCUT2D eigenvalue weighted by Gasteiger charge is 2.35. The first-order valence-electron chi connectivity index (χ1n) is 7.23. The van der Waals surface area contributed by atoms with Gasteiger partial charge < -0.3 is 30.9 Å². The molecule has 7 heteroatoms. The number of fused-ring (bicyclic) bond motifs is 1. The lowest BCUT2D eigenvalue weighted by Crippen LogP contribution is -2.50. The van der Waals surface area contributed by atoms with Crippen molar-refractivity contribution in [2.75, 3.05) is 19.8 Å². The molecule has 0 aliphatic carbocycles. The Labute approximate surface area is 134 Å². The molecule has 1 aromatic rings. The Kier molecular flexibility index (Phi) is 7.18. The smallest absolute Gasteiger partial charge is 0.326 e. The molecule has 0 saturated heterocycles. The molecular formula is C16H23NO6. The van der Waals surface area contributed by atoms with E-state index in [1.165, 1.54) is 0 Å². The number of benzene rings is 1. The maximum atomic E-state index is 11.5. The van der Waals surface area contributed by atoms with E-state index in [4.69, 9.17) is 25.8 Å². The maximum Gasteiger partial charge on any atom is 0.326 e. The van der Waals surface area contributed by atoms with E-state index in [1.54, 1.807) is 24.3 Å². The summed E-state index contributed by atoms with van der Waals surface area (Å²) in [5.74, 6) is -0.421. The van der Waals surface area contributed by atoms with Gasteiger partial charge in [0.2, 0.25) is 0 Å². The number of hydrogen-bond donors (Lipinski definition) is 5. The monoisotopic (exact) mass is 325 g/mol. The Morgan fingerprint density at radius 1 is 1.26 bits per heavy atom. The molecule has 7 nitrogen and oxygen atoms in total. The van der Waals surface area contributed by atoms with E-state index in [0.29, 0.717) is 12.2 Å². The van der Waals surface area contributed by atoms with E-state index in [1.807, 2.05) is 13.0 Å². The Bertz CT molecular complexity index is 545. The van der Waals surface area contributed by atoms with Crippen LogP contribution in [0.1, 0.15) is 24.8 Å². The van der Waals surface area contributed by atoms with Gasteiger partial charge in [0, 0.05) is 5.56 Å². The third-order valence-electron chi connectivity index (χ3n) is 3.33. The first-order valence-corrected chi connectivity index (χ1v) is 7.23. The van der Waals surface area contributed by atoms with Gasteiger partial charge in [-0.3, -0.25) is 4.79 Å². The first-order chi connectivity index (χ1) is 10.9. The number of esters is 1. The van der Waals surface area contributed by atoms with E-state index in [-0.39, 0.29) is 5.76 Å². The molecule has 6 N–H and O–H groups in total. The van der Waals surface area contributed by atoms with Crippen LogP contribution in [0.2, 0.25) is 0 Å². The van der Waals surface area contributed by atoms with Gasteiger partial charge in [0.05, 0.1) is 25.4 Å². The first kappa shape index (κ1) is 19.1. The minimum absolute atomic E-state index is 0.0763. The van der Waals surface area contributed by atoms with Crippen LogP contribution in [0.15, 0.2) is 36.1 Å². The zero-order valence-electron chi connectivity index (χ0n) is 13.0. The highest BCUT2D eigenvalue weighted by Crippen LogP contribution is 2.37. The van der Waals surface area contributed by atoms with Crippen LogP contribution in [0.25, 0.3) is 0 Å². The van der Waals surface area contributed by atoms with Gasteiger partial charge in [-0.25, -0.2) is 0 Å². The highest BCUT2D eigenvalue weighted by atomic mass is 16.5. The summed E-state index contributed by atoms with van der Waals surface area (Å²) in [5, 5.41) is 34.7. The molecule has 2 rings (SSSR count). The summed E-state index contributed by atoms with van der Waals surface area (Å²) in [6.45, 7) is 0.697. The van der Waals surface area contributed by atoms with Crippen LogP contribution in [0.3, 0.4) is 0 Å². The number of para-hydroxylation sites is 1. The Morgan fingerprint density at radius 3 is 2.30 bits per heavy atom. The van der Waals surface area contributed by atoms with Crippen LogP contribution in [-0.4, -0.2) is 51.8 Å². The molecule has 0 spiro atoms. The molecular weight excluding hydrogens is 302 g/mol. The fourth-order valence-electron chi connectivity index (χ4n) is 1.86. The van der Waals surface area contributed by atoms with Gasteiger partial charge in [0.15, 0.2) is 0 Å². The molecule has 1 aliphatic heterocycles. The molecule has 0 fully saturated rings. The number of aliphatic hydroxyl groups is 4. The minimum Gasteiger partial charge on any atom is -0.511 e. The van der Waals surface area contributed by atoms with E-state index in [9.17, 15) is 9.90 Å². The average molecular weight is 325 g/mol. The van der Waals surface area contributed by atoms with Crippen molar-refractivity contribution in [1.82, 2.24) is 0 Å². The van der Waals surface area contributed by atoms with E-state index in [2.05, 4.69) is 0 Å². The van der Waals surface area contributed by atoms with Gasteiger partial charge in [0.1, 0.15) is 17.4 Å². The topological polar surface area (TPSA) is 133 Å². The molecule has 1 unspecified atom stereocenters. The summed E-state index contributed by atoms with van der Waals surface area (Å²) >= 11 is 0. The number of aliphatic hydroxyl groups excluding tert-OH is 4. The van der Waals surface area contributed by atoms with Crippen LogP contribution >= 0.6 is 0 Å². The van der Waals surface area contributed by atoms with Crippen molar-refractivity contribution < 1.29 is 30.0 Å².